The van der Waals surface area contributed by atoms with E-state index in [4.69, 9.17) is 0 Å². The molecule has 2 aliphatic rings. The number of aliphatic hydroxyl groups is 1. The normalized spacial score (nSPS) is 19.8. The molecule has 0 aliphatic carbocycles. The third-order valence-corrected chi connectivity index (χ3v) is 5.94. The summed E-state index contributed by atoms with van der Waals surface area (Å²) in [5, 5.41) is 17.7. The fourth-order valence-corrected chi connectivity index (χ4v) is 4.38. The van der Waals surface area contributed by atoms with E-state index in [1.807, 2.05) is 18.0 Å². The van der Waals surface area contributed by atoms with Crippen molar-refractivity contribution < 1.29 is 14.3 Å². The number of carbonyl (C=O) groups excluding carboxylic acids is 1. The lowest BCUT2D eigenvalue weighted by Gasteiger charge is -2.37. The van der Waals surface area contributed by atoms with Gasteiger partial charge in [-0.2, -0.15) is 10.1 Å². The van der Waals surface area contributed by atoms with Crippen molar-refractivity contribution in [3.8, 4) is 0 Å². The molecule has 0 radical (unpaired) electrons. The van der Waals surface area contributed by atoms with Gasteiger partial charge in [-0.1, -0.05) is 12.1 Å². The number of carbonyl (C=O) groups is 1. The van der Waals surface area contributed by atoms with Crippen molar-refractivity contribution in [1.29, 1.82) is 0 Å². The van der Waals surface area contributed by atoms with Gasteiger partial charge in [0, 0.05) is 38.3 Å². The molecule has 1 aromatic carbocycles. The Labute approximate surface area is 184 Å². The van der Waals surface area contributed by atoms with E-state index in [1.165, 1.54) is 12.1 Å². The Morgan fingerprint density at radius 1 is 1.22 bits per heavy atom. The Bertz CT molecular complexity index is 1160. The van der Waals surface area contributed by atoms with Crippen LogP contribution in [-0.4, -0.2) is 56.5 Å². The van der Waals surface area contributed by atoms with Gasteiger partial charge in [-0.15, -0.1) is 0 Å². The first-order valence-corrected chi connectivity index (χ1v) is 10.5. The highest BCUT2D eigenvalue weighted by molar-refractivity contribution is 6.05. The second kappa shape index (κ2) is 7.86. The molecule has 32 heavy (non-hydrogen) atoms. The number of fused-ring (bicyclic) bond motifs is 3. The molecule has 1 saturated heterocycles. The van der Waals surface area contributed by atoms with Crippen LogP contribution in [0, 0.1) is 12.7 Å². The van der Waals surface area contributed by atoms with Crippen molar-refractivity contribution in [2.75, 3.05) is 28.7 Å². The lowest BCUT2D eigenvalue weighted by molar-refractivity contribution is -0.119. The number of hydrogen-bond acceptors (Lipinski definition) is 7. The number of anilines is 3. The van der Waals surface area contributed by atoms with Crippen LogP contribution in [0.1, 0.15) is 23.2 Å². The fraction of sp³-hybridized carbons (Fsp3) is 0.364. The van der Waals surface area contributed by atoms with Crippen LogP contribution in [0.3, 0.4) is 0 Å². The molecule has 0 bridgehead atoms. The smallest absolute Gasteiger partial charge is 0.249 e. The number of likely N-dealkylation sites (N-methyl/N-ethyl adjacent to an activating group) is 1. The number of amides is 1. The average molecular weight is 437 g/mol. The Balaban J connectivity index is 1.32. The van der Waals surface area contributed by atoms with E-state index in [0.29, 0.717) is 49.2 Å². The largest absolute Gasteiger partial charge is 0.391 e. The van der Waals surface area contributed by atoms with Gasteiger partial charge in [-0.25, -0.2) is 9.37 Å². The second-order valence-corrected chi connectivity index (χ2v) is 8.29. The van der Waals surface area contributed by atoms with Crippen LogP contribution < -0.4 is 15.1 Å². The third kappa shape index (κ3) is 3.66. The molecule has 0 spiro atoms. The summed E-state index contributed by atoms with van der Waals surface area (Å²) in [6.45, 7) is 3.25. The van der Waals surface area contributed by atoms with Crippen LogP contribution in [0.25, 0.3) is 0 Å². The molecule has 1 fully saturated rings. The summed E-state index contributed by atoms with van der Waals surface area (Å²) >= 11 is 0. The Hall–Kier alpha value is -3.53. The molecule has 2 atom stereocenters. The second-order valence-electron chi connectivity index (χ2n) is 8.29. The van der Waals surface area contributed by atoms with Crippen LogP contribution >= 0.6 is 0 Å². The molecule has 0 unspecified atom stereocenters. The maximum atomic E-state index is 13.1. The SMILES string of the molecule is Cc1nc(NCc2cnn(Cc3ccc(F)cc3)c2)nc2c1N(C)C(=O)[C@@H]1C[C@@H](O)CN21. The highest BCUT2D eigenvalue weighted by Gasteiger charge is 2.44. The van der Waals surface area contributed by atoms with Crippen molar-refractivity contribution in [2.45, 2.75) is 38.6 Å². The van der Waals surface area contributed by atoms with E-state index in [9.17, 15) is 14.3 Å². The van der Waals surface area contributed by atoms with Crippen molar-refractivity contribution in [3.63, 3.8) is 0 Å². The van der Waals surface area contributed by atoms with Gasteiger partial charge in [0.25, 0.3) is 0 Å². The zero-order chi connectivity index (χ0) is 22.4. The van der Waals surface area contributed by atoms with Crippen LogP contribution in [0.15, 0.2) is 36.7 Å². The van der Waals surface area contributed by atoms with Crippen molar-refractivity contribution in [3.05, 3.63) is 59.3 Å². The number of aliphatic hydroxyl groups excluding tert-OH is 1. The molecule has 0 saturated carbocycles. The number of benzene rings is 1. The van der Waals surface area contributed by atoms with Crippen LogP contribution in [0.2, 0.25) is 0 Å². The molecular weight excluding hydrogens is 413 g/mol. The van der Waals surface area contributed by atoms with Gasteiger partial charge in [-0.3, -0.25) is 9.48 Å². The van der Waals surface area contributed by atoms with Gasteiger partial charge in [0.15, 0.2) is 5.82 Å². The summed E-state index contributed by atoms with van der Waals surface area (Å²) in [5.74, 6) is 0.811. The first kappa shape index (κ1) is 20.4. The van der Waals surface area contributed by atoms with Crippen molar-refractivity contribution in [2.24, 2.45) is 0 Å². The number of nitrogens with zero attached hydrogens (tertiary/aromatic N) is 6. The highest BCUT2D eigenvalue weighted by atomic mass is 19.1. The molecule has 5 rings (SSSR count). The maximum absolute atomic E-state index is 13.1. The Morgan fingerprint density at radius 3 is 2.78 bits per heavy atom. The number of hydrogen-bond donors (Lipinski definition) is 2. The van der Waals surface area contributed by atoms with Crippen LogP contribution in [0.4, 0.5) is 21.8 Å². The van der Waals surface area contributed by atoms with Crippen molar-refractivity contribution in [1.82, 2.24) is 19.7 Å². The average Bonchev–Trinajstić information content (AvgIpc) is 3.38. The van der Waals surface area contributed by atoms with Gasteiger partial charge < -0.3 is 20.2 Å². The number of rotatable bonds is 5. The van der Waals surface area contributed by atoms with E-state index in [0.717, 1.165) is 11.1 Å². The van der Waals surface area contributed by atoms with Gasteiger partial charge in [0.1, 0.15) is 17.5 Å². The van der Waals surface area contributed by atoms with Crippen LogP contribution in [0.5, 0.6) is 0 Å². The summed E-state index contributed by atoms with van der Waals surface area (Å²) in [7, 11) is 1.72. The summed E-state index contributed by atoms with van der Waals surface area (Å²) in [6, 6.07) is 5.96. The van der Waals surface area contributed by atoms with Gasteiger partial charge >= 0.3 is 0 Å². The topological polar surface area (TPSA) is 99.4 Å². The number of aryl methyl sites for hydroxylation is 1. The van der Waals surface area contributed by atoms with Gasteiger partial charge in [0.2, 0.25) is 11.9 Å². The lowest BCUT2D eigenvalue weighted by Crippen LogP contribution is -2.49. The fourth-order valence-electron chi connectivity index (χ4n) is 4.38. The number of halogens is 1. The minimum absolute atomic E-state index is 0.0463. The Morgan fingerprint density at radius 2 is 2.00 bits per heavy atom. The summed E-state index contributed by atoms with van der Waals surface area (Å²) < 4.78 is 14.9. The Kier molecular flexibility index (Phi) is 5.01. The quantitative estimate of drug-likeness (QED) is 0.627. The molecule has 2 aliphatic heterocycles. The zero-order valence-corrected chi connectivity index (χ0v) is 17.9. The predicted molar refractivity (Wildman–Crippen MR) is 117 cm³/mol. The van der Waals surface area contributed by atoms with Gasteiger partial charge in [0.05, 0.1) is 24.5 Å². The molecule has 9 nitrogen and oxygen atoms in total. The molecule has 2 aromatic heterocycles. The first-order valence-electron chi connectivity index (χ1n) is 10.5. The summed E-state index contributed by atoms with van der Waals surface area (Å²) in [5.41, 5.74) is 3.29. The van der Waals surface area contributed by atoms with E-state index in [2.05, 4.69) is 20.4 Å². The molecule has 1 amide bonds. The van der Waals surface area contributed by atoms with Gasteiger partial charge in [-0.05, 0) is 24.6 Å². The number of aromatic nitrogens is 4. The van der Waals surface area contributed by atoms with E-state index in [1.54, 1.807) is 35.0 Å². The van der Waals surface area contributed by atoms with E-state index < -0.39 is 12.1 Å². The monoisotopic (exact) mass is 437 g/mol. The predicted octanol–water partition coefficient (Wildman–Crippen LogP) is 1.70. The minimum Gasteiger partial charge on any atom is -0.391 e. The molecule has 4 heterocycles. The van der Waals surface area contributed by atoms with Crippen LogP contribution in [-0.2, 0) is 17.9 Å². The molecular formula is C22H24FN7O2. The zero-order valence-electron chi connectivity index (χ0n) is 17.9. The molecule has 10 heteroatoms. The highest BCUT2D eigenvalue weighted by Crippen LogP contribution is 2.40. The lowest BCUT2D eigenvalue weighted by atomic mass is 10.1. The molecule has 3 aromatic rings. The maximum Gasteiger partial charge on any atom is 0.249 e. The molecule has 166 valence electrons. The minimum atomic E-state index is -0.554. The van der Waals surface area contributed by atoms with E-state index in [-0.39, 0.29) is 11.7 Å². The summed E-state index contributed by atoms with van der Waals surface area (Å²) in [4.78, 5) is 25.4. The molecule has 2 N–H and O–H groups in total. The van der Waals surface area contributed by atoms with E-state index >= 15 is 0 Å². The third-order valence-electron chi connectivity index (χ3n) is 5.94. The summed E-state index contributed by atoms with van der Waals surface area (Å²) in [6.07, 6.45) is 3.53. The first-order chi connectivity index (χ1) is 15.4. The standard InChI is InChI=1S/C22H24FN7O2/c1-13-19-20(30-12-17(31)7-18(30)21(32)28(19)2)27-22(26-13)24-8-15-9-25-29(11-15)10-14-3-5-16(23)6-4-14/h3-6,9,11,17-18,31H,7-8,10,12H2,1-2H3,(H,24,26,27)/t17-,18+/m1/s1. The number of nitrogens with one attached hydrogen (secondary N) is 1. The van der Waals surface area contributed by atoms with Crippen molar-refractivity contribution >= 4 is 23.4 Å².